The van der Waals surface area contributed by atoms with Crippen LogP contribution in [0.2, 0.25) is 0 Å². The first kappa shape index (κ1) is 15.8. The van der Waals surface area contributed by atoms with Crippen molar-refractivity contribution < 1.29 is 14.6 Å². The molecule has 0 spiro atoms. The maximum Gasteiger partial charge on any atom is 0.115 e. The lowest BCUT2D eigenvalue weighted by Crippen LogP contribution is -2.19. The highest BCUT2D eigenvalue weighted by molar-refractivity contribution is 5.41. The van der Waals surface area contributed by atoms with E-state index in [1.807, 2.05) is 25.1 Å². The zero-order valence-corrected chi connectivity index (χ0v) is 13.0. The lowest BCUT2D eigenvalue weighted by Gasteiger charge is -2.27. The van der Waals surface area contributed by atoms with Gasteiger partial charge in [-0.15, -0.1) is 0 Å². The van der Waals surface area contributed by atoms with Crippen molar-refractivity contribution in [1.29, 1.82) is 0 Å². The van der Waals surface area contributed by atoms with Gasteiger partial charge in [-0.3, -0.25) is 0 Å². The Morgan fingerprint density at radius 3 is 2.62 bits per heavy atom. The first-order valence-electron chi connectivity index (χ1n) is 7.36. The topological polar surface area (TPSA) is 42.0 Å². The quantitative estimate of drug-likeness (QED) is 0.473. The van der Waals surface area contributed by atoms with Crippen molar-refractivity contribution in [3.63, 3.8) is 0 Å². The molecule has 114 valence electrons. The predicted octanol–water partition coefficient (Wildman–Crippen LogP) is 3.59. The van der Waals surface area contributed by atoms with Crippen LogP contribution in [0, 0.1) is 0 Å². The van der Waals surface area contributed by atoms with E-state index in [0.717, 1.165) is 6.61 Å². The number of ether oxygens (including phenoxy) is 2. The Bertz CT molecular complexity index is 508. The van der Waals surface area contributed by atoms with E-state index in [-0.39, 0.29) is 5.41 Å². The Kier molecular flexibility index (Phi) is 5.21. The molecule has 1 aromatic rings. The van der Waals surface area contributed by atoms with Crippen LogP contribution in [0.1, 0.15) is 26.3 Å². The molecule has 1 N–H and O–H groups in total. The molecule has 0 bridgehead atoms. The molecule has 3 nitrogen and oxygen atoms in total. The van der Waals surface area contributed by atoms with Gasteiger partial charge in [-0.2, -0.15) is 0 Å². The van der Waals surface area contributed by atoms with E-state index in [1.165, 1.54) is 11.1 Å². The molecule has 1 heterocycles. The van der Waals surface area contributed by atoms with E-state index in [0.29, 0.717) is 25.1 Å². The average molecular weight is 288 g/mol. The minimum Gasteiger partial charge on any atom is -0.508 e. The highest BCUT2D eigenvalue weighted by atomic mass is 16.6. The van der Waals surface area contributed by atoms with Gasteiger partial charge in [0.05, 0.1) is 19.8 Å². The summed E-state index contributed by atoms with van der Waals surface area (Å²) in [6.07, 6.45) is 6.58. The van der Waals surface area contributed by atoms with Crippen LogP contribution < -0.4 is 0 Å². The van der Waals surface area contributed by atoms with Gasteiger partial charge in [-0.05, 0) is 30.2 Å². The second-order valence-corrected chi connectivity index (χ2v) is 5.81. The van der Waals surface area contributed by atoms with Gasteiger partial charge in [0.1, 0.15) is 11.9 Å². The number of hydrogen-bond donors (Lipinski definition) is 1. The highest BCUT2D eigenvalue weighted by Crippen LogP contribution is 2.33. The second kappa shape index (κ2) is 6.92. The molecule has 1 aliphatic rings. The van der Waals surface area contributed by atoms with Gasteiger partial charge in [0, 0.05) is 5.41 Å². The third-order valence-corrected chi connectivity index (χ3v) is 3.84. The minimum atomic E-state index is -0.113. The molecule has 1 aromatic carbocycles. The van der Waals surface area contributed by atoms with Crippen molar-refractivity contribution in [2.45, 2.75) is 32.3 Å². The van der Waals surface area contributed by atoms with Gasteiger partial charge in [-0.1, -0.05) is 44.2 Å². The Labute approximate surface area is 126 Å². The van der Waals surface area contributed by atoms with E-state index < -0.39 is 0 Å². The monoisotopic (exact) mass is 288 g/mol. The van der Waals surface area contributed by atoms with Crippen LogP contribution in [-0.2, 0) is 14.9 Å². The molecular weight excluding hydrogens is 264 g/mol. The maximum absolute atomic E-state index is 9.41. The molecule has 0 aliphatic carbocycles. The number of hydrogen-bond acceptors (Lipinski definition) is 3. The molecule has 1 saturated heterocycles. The van der Waals surface area contributed by atoms with Gasteiger partial charge in [-0.25, -0.2) is 0 Å². The number of allylic oxidation sites excluding steroid dienone is 3. The molecular formula is C18H24O3. The normalized spacial score (nSPS) is 19.2. The van der Waals surface area contributed by atoms with Crippen molar-refractivity contribution in [2.75, 3.05) is 19.8 Å². The summed E-state index contributed by atoms with van der Waals surface area (Å²) in [6, 6.07) is 7.39. The fourth-order valence-electron chi connectivity index (χ4n) is 2.32. The number of rotatable bonds is 7. The summed E-state index contributed by atoms with van der Waals surface area (Å²) in [5.41, 5.74) is 2.28. The van der Waals surface area contributed by atoms with Gasteiger partial charge in [0.25, 0.3) is 0 Å². The fraction of sp³-hybridized carbons (Fsp3) is 0.444. The third-order valence-electron chi connectivity index (χ3n) is 3.84. The molecule has 0 aromatic heterocycles. The molecule has 3 heteroatoms. The number of benzene rings is 1. The lowest BCUT2D eigenvalue weighted by molar-refractivity contribution is 0.141. The SMILES string of the molecule is C/C=C(\C=C/COCC1CO1)C(C)(C)c1ccc(O)cc1. The molecule has 0 amide bonds. The number of phenols is 1. The number of epoxide rings is 1. The summed E-state index contributed by atoms with van der Waals surface area (Å²) in [5, 5.41) is 9.41. The van der Waals surface area contributed by atoms with Gasteiger partial charge < -0.3 is 14.6 Å². The Morgan fingerprint density at radius 1 is 1.38 bits per heavy atom. The van der Waals surface area contributed by atoms with Crippen LogP contribution in [-0.4, -0.2) is 31.0 Å². The first-order valence-corrected chi connectivity index (χ1v) is 7.36. The smallest absolute Gasteiger partial charge is 0.115 e. The summed E-state index contributed by atoms with van der Waals surface area (Å²) in [4.78, 5) is 0. The molecule has 1 aliphatic heterocycles. The average Bonchev–Trinajstić information content (AvgIpc) is 3.27. The summed E-state index contributed by atoms with van der Waals surface area (Å²) in [7, 11) is 0. The zero-order chi connectivity index (χ0) is 15.3. The summed E-state index contributed by atoms with van der Waals surface area (Å²) < 4.78 is 10.6. The molecule has 2 rings (SSSR count). The molecule has 1 unspecified atom stereocenters. The third kappa shape index (κ3) is 4.45. The van der Waals surface area contributed by atoms with Crippen LogP contribution in [0.25, 0.3) is 0 Å². The molecule has 1 fully saturated rings. The largest absolute Gasteiger partial charge is 0.508 e. The predicted molar refractivity (Wildman–Crippen MR) is 84.6 cm³/mol. The van der Waals surface area contributed by atoms with Crippen LogP contribution in [0.4, 0.5) is 0 Å². The van der Waals surface area contributed by atoms with Crippen molar-refractivity contribution in [1.82, 2.24) is 0 Å². The standard InChI is InChI=1S/C18H24O3/c1-4-14(6-5-11-20-12-17-13-21-17)18(2,3)15-7-9-16(19)10-8-15/h4-10,17,19H,11-13H2,1-3H3/b6-5-,14-4+. The van der Waals surface area contributed by atoms with Gasteiger partial charge >= 0.3 is 0 Å². The lowest BCUT2D eigenvalue weighted by atomic mass is 9.77. The van der Waals surface area contributed by atoms with Gasteiger partial charge in [0.2, 0.25) is 0 Å². The number of aromatic hydroxyl groups is 1. The Balaban J connectivity index is 1.97. The Hall–Kier alpha value is -1.58. The van der Waals surface area contributed by atoms with Crippen LogP contribution in [0.3, 0.4) is 0 Å². The summed E-state index contributed by atoms with van der Waals surface area (Å²) in [6.45, 7) is 8.51. The van der Waals surface area contributed by atoms with Crippen molar-refractivity contribution in [2.24, 2.45) is 0 Å². The second-order valence-electron chi connectivity index (χ2n) is 5.81. The Morgan fingerprint density at radius 2 is 2.05 bits per heavy atom. The van der Waals surface area contributed by atoms with E-state index in [9.17, 15) is 5.11 Å². The van der Waals surface area contributed by atoms with E-state index in [2.05, 4.69) is 26.0 Å². The number of phenolic OH excluding ortho intramolecular Hbond substituents is 1. The summed E-state index contributed by atoms with van der Waals surface area (Å²) in [5.74, 6) is 0.294. The fourth-order valence-corrected chi connectivity index (χ4v) is 2.32. The van der Waals surface area contributed by atoms with Crippen molar-refractivity contribution in [3.8, 4) is 5.75 Å². The molecule has 0 saturated carbocycles. The first-order chi connectivity index (χ1) is 10.0. The van der Waals surface area contributed by atoms with E-state index in [1.54, 1.807) is 12.1 Å². The summed E-state index contributed by atoms with van der Waals surface area (Å²) >= 11 is 0. The molecule has 0 radical (unpaired) electrons. The van der Waals surface area contributed by atoms with Crippen LogP contribution in [0.5, 0.6) is 5.75 Å². The molecule has 1 atom stereocenters. The highest BCUT2D eigenvalue weighted by Gasteiger charge is 2.24. The maximum atomic E-state index is 9.41. The van der Waals surface area contributed by atoms with Crippen LogP contribution in [0.15, 0.2) is 48.1 Å². The van der Waals surface area contributed by atoms with Crippen molar-refractivity contribution >= 4 is 0 Å². The van der Waals surface area contributed by atoms with E-state index in [4.69, 9.17) is 9.47 Å². The minimum absolute atomic E-state index is 0.113. The van der Waals surface area contributed by atoms with Crippen molar-refractivity contribution in [3.05, 3.63) is 53.6 Å². The van der Waals surface area contributed by atoms with Gasteiger partial charge in [0.15, 0.2) is 0 Å². The van der Waals surface area contributed by atoms with E-state index >= 15 is 0 Å². The molecule has 21 heavy (non-hydrogen) atoms. The van der Waals surface area contributed by atoms with Crippen LogP contribution >= 0.6 is 0 Å². The zero-order valence-electron chi connectivity index (χ0n) is 13.0.